The summed E-state index contributed by atoms with van der Waals surface area (Å²) in [6.45, 7) is 9.84. The van der Waals surface area contributed by atoms with Gasteiger partial charge >= 0.3 is 0 Å². The molecule has 2 heteroatoms. The lowest BCUT2D eigenvalue weighted by molar-refractivity contribution is 0.713. The standard InChI is InChI=1S/C13H21NS/c1-9(2)13(8-14-5)7-12-6-10(3)15-11(12)4/h6-7,9,14H,8H2,1-5H3. The quantitative estimate of drug-likeness (QED) is 0.822. The molecule has 0 saturated heterocycles. The monoisotopic (exact) mass is 223 g/mol. The Bertz CT molecular complexity index is 347. The summed E-state index contributed by atoms with van der Waals surface area (Å²) in [7, 11) is 2.00. The van der Waals surface area contributed by atoms with E-state index in [4.69, 9.17) is 0 Å². The maximum absolute atomic E-state index is 3.23. The number of hydrogen-bond acceptors (Lipinski definition) is 2. The van der Waals surface area contributed by atoms with Crippen LogP contribution in [0.1, 0.15) is 29.2 Å². The van der Waals surface area contributed by atoms with Gasteiger partial charge in [-0.1, -0.05) is 25.5 Å². The van der Waals surface area contributed by atoms with Crippen LogP contribution in [0.3, 0.4) is 0 Å². The van der Waals surface area contributed by atoms with Crippen molar-refractivity contribution in [1.29, 1.82) is 0 Å². The molecule has 0 saturated carbocycles. The van der Waals surface area contributed by atoms with E-state index in [2.05, 4.69) is 45.2 Å². The molecule has 0 radical (unpaired) electrons. The van der Waals surface area contributed by atoms with Crippen LogP contribution >= 0.6 is 11.3 Å². The Kier molecular flexibility index (Phi) is 4.55. The Labute approximate surface area is 97.2 Å². The highest BCUT2D eigenvalue weighted by molar-refractivity contribution is 7.12. The first kappa shape index (κ1) is 12.5. The molecule has 0 aliphatic rings. The van der Waals surface area contributed by atoms with Crippen LogP contribution in [0.15, 0.2) is 11.6 Å². The van der Waals surface area contributed by atoms with E-state index in [9.17, 15) is 0 Å². The first-order valence-corrected chi connectivity index (χ1v) is 6.28. The predicted octanol–water partition coefficient (Wildman–Crippen LogP) is 3.62. The van der Waals surface area contributed by atoms with E-state index in [1.54, 1.807) is 0 Å². The molecule has 1 aromatic heterocycles. The maximum Gasteiger partial charge on any atom is 0.0167 e. The van der Waals surface area contributed by atoms with Gasteiger partial charge in [-0.25, -0.2) is 0 Å². The molecule has 0 bridgehead atoms. The van der Waals surface area contributed by atoms with Gasteiger partial charge in [0.2, 0.25) is 0 Å². The Morgan fingerprint density at radius 1 is 1.47 bits per heavy atom. The van der Waals surface area contributed by atoms with E-state index in [0.717, 1.165) is 6.54 Å². The van der Waals surface area contributed by atoms with Gasteiger partial charge in [0.1, 0.15) is 0 Å². The summed E-state index contributed by atoms with van der Waals surface area (Å²) >= 11 is 1.88. The molecule has 0 aliphatic heterocycles. The van der Waals surface area contributed by atoms with Crippen LogP contribution in [0.4, 0.5) is 0 Å². The molecule has 0 spiro atoms. The normalized spacial score (nSPS) is 12.5. The molecule has 1 rings (SSSR count). The Morgan fingerprint density at radius 2 is 2.13 bits per heavy atom. The zero-order valence-electron chi connectivity index (χ0n) is 10.3. The highest BCUT2D eigenvalue weighted by atomic mass is 32.1. The number of nitrogens with one attached hydrogen (secondary N) is 1. The summed E-state index contributed by atoms with van der Waals surface area (Å²) in [4.78, 5) is 2.81. The molecule has 1 nitrogen and oxygen atoms in total. The molecule has 0 fully saturated rings. The molecule has 15 heavy (non-hydrogen) atoms. The zero-order valence-corrected chi connectivity index (χ0v) is 11.2. The van der Waals surface area contributed by atoms with Gasteiger partial charge in [-0.15, -0.1) is 11.3 Å². The lowest BCUT2D eigenvalue weighted by Gasteiger charge is -2.10. The average molecular weight is 223 g/mol. The van der Waals surface area contributed by atoms with E-state index < -0.39 is 0 Å². The van der Waals surface area contributed by atoms with Gasteiger partial charge in [0.25, 0.3) is 0 Å². The summed E-state index contributed by atoms with van der Waals surface area (Å²) < 4.78 is 0. The number of likely N-dealkylation sites (N-methyl/N-ethyl adjacent to an activating group) is 1. The topological polar surface area (TPSA) is 12.0 Å². The molecule has 0 amide bonds. The fourth-order valence-electron chi connectivity index (χ4n) is 1.62. The first-order chi connectivity index (χ1) is 7.04. The predicted molar refractivity (Wildman–Crippen MR) is 70.5 cm³/mol. The maximum atomic E-state index is 3.23. The molecule has 0 unspecified atom stereocenters. The average Bonchev–Trinajstić information content (AvgIpc) is 2.44. The van der Waals surface area contributed by atoms with Gasteiger partial charge in [0.15, 0.2) is 0 Å². The third-order valence-electron chi connectivity index (χ3n) is 2.54. The molecule has 1 heterocycles. The van der Waals surface area contributed by atoms with Gasteiger partial charge in [-0.3, -0.25) is 0 Å². The summed E-state index contributed by atoms with van der Waals surface area (Å²) in [5, 5.41) is 3.23. The van der Waals surface area contributed by atoms with Crippen molar-refractivity contribution in [3.63, 3.8) is 0 Å². The van der Waals surface area contributed by atoms with Crippen molar-refractivity contribution < 1.29 is 0 Å². The largest absolute Gasteiger partial charge is 0.316 e. The van der Waals surface area contributed by atoms with Gasteiger partial charge < -0.3 is 5.32 Å². The third-order valence-corrected chi connectivity index (χ3v) is 3.52. The Morgan fingerprint density at radius 3 is 2.53 bits per heavy atom. The molecular formula is C13H21NS. The fraction of sp³-hybridized carbons (Fsp3) is 0.538. The summed E-state index contributed by atoms with van der Waals surface area (Å²) in [6.07, 6.45) is 2.33. The second-order valence-corrected chi connectivity index (χ2v) is 5.73. The van der Waals surface area contributed by atoms with Gasteiger partial charge in [0.05, 0.1) is 0 Å². The molecule has 0 aromatic carbocycles. The molecular weight excluding hydrogens is 202 g/mol. The minimum atomic E-state index is 0.608. The zero-order chi connectivity index (χ0) is 11.4. The first-order valence-electron chi connectivity index (χ1n) is 5.46. The molecule has 84 valence electrons. The van der Waals surface area contributed by atoms with Crippen molar-refractivity contribution in [3.05, 3.63) is 27.0 Å². The van der Waals surface area contributed by atoms with Crippen LogP contribution in [0.25, 0.3) is 6.08 Å². The summed E-state index contributed by atoms with van der Waals surface area (Å²) in [5.74, 6) is 0.608. The van der Waals surface area contributed by atoms with Crippen LogP contribution in [0.2, 0.25) is 0 Å². The van der Waals surface area contributed by atoms with Crippen LogP contribution in [0.5, 0.6) is 0 Å². The third kappa shape index (κ3) is 3.47. The SMILES string of the molecule is CNCC(=Cc1cc(C)sc1C)C(C)C. The molecule has 0 atom stereocenters. The van der Waals surface area contributed by atoms with Gasteiger partial charge in [-0.2, -0.15) is 0 Å². The minimum Gasteiger partial charge on any atom is -0.316 e. The van der Waals surface area contributed by atoms with Crippen molar-refractivity contribution in [2.75, 3.05) is 13.6 Å². The van der Waals surface area contributed by atoms with E-state index >= 15 is 0 Å². The molecule has 1 N–H and O–H groups in total. The Balaban J connectivity index is 2.96. The lowest BCUT2D eigenvalue weighted by atomic mass is 10.0. The van der Waals surface area contributed by atoms with Gasteiger partial charge in [-0.05, 0) is 38.4 Å². The highest BCUT2D eigenvalue weighted by Gasteiger charge is 2.05. The van der Waals surface area contributed by atoms with Crippen molar-refractivity contribution in [1.82, 2.24) is 5.32 Å². The lowest BCUT2D eigenvalue weighted by Crippen LogP contribution is -2.13. The van der Waals surface area contributed by atoms with Crippen LogP contribution in [-0.4, -0.2) is 13.6 Å². The minimum absolute atomic E-state index is 0.608. The van der Waals surface area contributed by atoms with E-state index in [1.165, 1.54) is 20.9 Å². The van der Waals surface area contributed by atoms with Crippen LogP contribution < -0.4 is 5.32 Å². The van der Waals surface area contributed by atoms with E-state index in [1.807, 2.05) is 18.4 Å². The van der Waals surface area contributed by atoms with Gasteiger partial charge in [0, 0.05) is 16.3 Å². The second kappa shape index (κ2) is 5.47. The Hall–Kier alpha value is -0.600. The van der Waals surface area contributed by atoms with E-state index in [-0.39, 0.29) is 0 Å². The number of thiophene rings is 1. The number of rotatable bonds is 4. The van der Waals surface area contributed by atoms with Crippen molar-refractivity contribution in [2.45, 2.75) is 27.7 Å². The fourth-order valence-corrected chi connectivity index (χ4v) is 2.52. The smallest absolute Gasteiger partial charge is 0.0167 e. The second-order valence-electron chi connectivity index (χ2n) is 4.27. The van der Waals surface area contributed by atoms with Crippen LogP contribution in [0, 0.1) is 19.8 Å². The van der Waals surface area contributed by atoms with Crippen molar-refractivity contribution in [2.24, 2.45) is 5.92 Å². The number of hydrogen-bond donors (Lipinski definition) is 1. The molecule has 1 aromatic rings. The van der Waals surface area contributed by atoms with Crippen molar-refractivity contribution in [3.8, 4) is 0 Å². The summed E-state index contributed by atoms with van der Waals surface area (Å²) in [5.41, 5.74) is 2.86. The van der Waals surface area contributed by atoms with E-state index in [0.29, 0.717) is 5.92 Å². The highest BCUT2D eigenvalue weighted by Crippen LogP contribution is 2.24. The number of aryl methyl sites for hydroxylation is 2. The van der Waals surface area contributed by atoms with Crippen LogP contribution in [-0.2, 0) is 0 Å². The van der Waals surface area contributed by atoms with Crippen molar-refractivity contribution >= 4 is 17.4 Å². The summed E-state index contributed by atoms with van der Waals surface area (Å²) in [6, 6.07) is 2.28. The molecule has 0 aliphatic carbocycles.